The first-order valence-electron chi connectivity index (χ1n) is 12.2. The van der Waals surface area contributed by atoms with Crippen LogP contribution in [-0.4, -0.2) is 66.7 Å². The second-order valence-electron chi connectivity index (χ2n) is 9.00. The van der Waals surface area contributed by atoms with Gasteiger partial charge in [-0.05, 0) is 56.0 Å². The van der Waals surface area contributed by atoms with E-state index in [-0.39, 0.29) is 24.8 Å². The number of carboxylic acids is 1. The molecule has 2 amide bonds. The fourth-order valence-corrected chi connectivity index (χ4v) is 4.72. The zero-order valence-electron chi connectivity index (χ0n) is 19.7. The Morgan fingerprint density at radius 3 is 2.45 bits per heavy atom. The average molecular weight is 460 g/mol. The lowest BCUT2D eigenvalue weighted by Gasteiger charge is -2.36. The minimum absolute atomic E-state index is 0.00425. The second-order valence-corrected chi connectivity index (χ2v) is 9.00. The molecule has 0 spiro atoms. The summed E-state index contributed by atoms with van der Waals surface area (Å²) >= 11 is 0. The molecule has 33 heavy (non-hydrogen) atoms. The predicted molar refractivity (Wildman–Crippen MR) is 126 cm³/mol. The molecular weight excluding hydrogens is 422 g/mol. The number of nitrogens with one attached hydrogen (secondary N) is 1. The van der Waals surface area contributed by atoms with Crippen LogP contribution in [0.2, 0.25) is 0 Å². The van der Waals surface area contributed by atoms with Crippen molar-refractivity contribution in [1.29, 1.82) is 0 Å². The quantitative estimate of drug-likeness (QED) is 0.702. The number of carboxylic acid groups (broad SMARTS) is 1. The Labute approximate surface area is 196 Å². The summed E-state index contributed by atoms with van der Waals surface area (Å²) in [5.74, 6) is -1.24. The van der Waals surface area contributed by atoms with Crippen molar-refractivity contribution < 1.29 is 24.2 Å². The second kappa shape index (κ2) is 12.7. The first-order chi connectivity index (χ1) is 16.0. The Bertz CT molecular complexity index is 822. The van der Waals surface area contributed by atoms with Crippen LogP contribution in [-0.2, 0) is 20.9 Å². The third-order valence-corrected chi connectivity index (χ3v) is 6.54. The Morgan fingerprint density at radius 1 is 1.06 bits per heavy atom. The molecule has 8 heteroatoms. The van der Waals surface area contributed by atoms with E-state index in [4.69, 9.17) is 9.84 Å². The number of hydrogen-bond acceptors (Lipinski definition) is 5. The number of benzene rings is 1. The molecule has 0 saturated carbocycles. The fourth-order valence-electron chi connectivity index (χ4n) is 4.72. The number of hydrogen-bond donors (Lipinski definition) is 2. The number of anilines is 1. The Morgan fingerprint density at radius 2 is 1.76 bits per heavy atom. The molecule has 2 heterocycles. The average Bonchev–Trinajstić information content (AvgIpc) is 2.79. The molecule has 0 bridgehead atoms. The van der Waals surface area contributed by atoms with Crippen molar-refractivity contribution in [3.8, 4) is 0 Å². The van der Waals surface area contributed by atoms with Gasteiger partial charge in [-0.3, -0.25) is 19.3 Å². The lowest BCUT2D eigenvalue weighted by Crippen LogP contribution is -2.40. The summed E-state index contributed by atoms with van der Waals surface area (Å²) in [4.78, 5) is 40.3. The van der Waals surface area contributed by atoms with E-state index in [1.807, 2.05) is 17.0 Å². The Balaban J connectivity index is 1.91. The monoisotopic (exact) mass is 459 g/mol. The first-order valence-corrected chi connectivity index (χ1v) is 12.2. The standard InChI is InChI=1S/C25H37N3O5/c1-19(29)28-14-6-4-2-3-5-13-27(22-10-15-33-16-11-22)18-21-17-20(7-8-23(21)28)25(32)26-12-9-24(30)31/h7-8,17,22H,2-6,9-16,18H2,1H3,(H,26,32)(H,30,31). The lowest BCUT2D eigenvalue weighted by atomic mass is 10.0. The van der Waals surface area contributed by atoms with Crippen molar-refractivity contribution in [3.05, 3.63) is 29.3 Å². The van der Waals surface area contributed by atoms with Gasteiger partial charge in [0.2, 0.25) is 5.91 Å². The largest absolute Gasteiger partial charge is 0.481 e. The summed E-state index contributed by atoms with van der Waals surface area (Å²) in [5.41, 5.74) is 2.31. The molecule has 182 valence electrons. The minimum Gasteiger partial charge on any atom is -0.481 e. The van der Waals surface area contributed by atoms with Gasteiger partial charge < -0.3 is 20.1 Å². The number of ether oxygens (including phenoxy) is 1. The molecule has 8 nitrogen and oxygen atoms in total. The minimum atomic E-state index is -0.947. The van der Waals surface area contributed by atoms with Gasteiger partial charge in [0.05, 0.1) is 6.42 Å². The van der Waals surface area contributed by atoms with Gasteiger partial charge >= 0.3 is 5.97 Å². The van der Waals surface area contributed by atoms with Gasteiger partial charge in [0, 0.05) is 57.1 Å². The molecule has 1 fully saturated rings. The molecule has 0 aromatic heterocycles. The third-order valence-electron chi connectivity index (χ3n) is 6.54. The van der Waals surface area contributed by atoms with Crippen molar-refractivity contribution in [3.63, 3.8) is 0 Å². The van der Waals surface area contributed by atoms with Gasteiger partial charge in [-0.15, -0.1) is 0 Å². The molecule has 0 unspecified atom stereocenters. The molecule has 2 aliphatic rings. The fraction of sp³-hybridized carbons (Fsp3) is 0.640. The van der Waals surface area contributed by atoms with Gasteiger partial charge in [-0.2, -0.15) is 0 Å². The van der Waals surface area contributed by atoms with Crippen molar-refractivity contribution in [2.75, 3.05) is 37.7 Å². The van der Waals surface area contributed by atoms with Crippen molar-refractivity contribution in [2.24, 2.45) is 0 Å². The summed E-state index contributed by atoms with van der Waals surface area (Å²) < 4.78 is 5.58. The molecule has 1 aromatic rings. The maximum atomic E-state index is 12.7. The zero-order valence-corrected chi connectivity index (χ0v) is 19.7. The maximum Gasteiger partial charge on any atom is 0.305 e. The highest BCUT2D eigenvalue weighted by Gasteiger charge is 2.25. The number of nitrogens with zero attached hydrogens (tertiary/aromatic N) is 2. The van der Waals surface area contributed by atoms with Crippen LogP contribution in [0.4, 0.5) is 5.69 Å². The maximum absolute atomic E-state index is 12.7. The highest BCUT2D eigenvalue weighted by atomic mass is 16.5. The SMILES string of the molecule is CC(=O)N1CCCCCCCN(C2CCOCC2)Cc2cc(C(=O)NCCC(=O)O)ccc21. The molecule has 2 N–H and O–H groups in total. The van der Waals surface area contributed by atoms with E-state index in [1.54, 1.807) is 13.0 Å². The molecule has 0 radical (unpaired) electrons. The van der Waals surface area contributed by atoms with Crippen LogP contribution in [0, 0.1) is 0 Å². The summed E-state index contributed by atoms with van der Waals surface area (Å²) in [7, 11) is 0. The van der Waals surface area contributed by atoms with Crippen LogP contribution in [0.3, 0.4) is 0 Å². The van der Waals surface area contributed by atoms with Gasteiger partial charge in [-0.1, -0.05) is 19.3 Å². The predicted octanol–water partition coefficient (Wildman–Crippen LogP) is 3.19. The van der Waals surface area contributed by atoms with E-state index >= 15 is 0 Å². The molecular formula is C25H37N3O5. The van der Waals surface area contributed by atoms with Crippen LogP contribution in [0.15, 0.2) is 18.2 Å². The van der Waals surface area contributed by atoms with E-state index in [9.17, 15) is 14.4 Å². The van der Waals surface area contributed by atoms with Gasteiger partial charge in [0.1, 0.15) is 0 Å². The van der Waals surface area contributed by atoms with Gasteiger partial charge in [0.25, 0.3) is 5.91 Å². The van der Waals surface area contributed by atoms with Crippen molar-refractivity contribution in [2.45, 2.75) is 70.9 Å². The number of fused-ring (bicyclic) bond motifs is 1. The number of carbonyl (C=O) groups excluding carboxylic acids is 2. The summed E-state index contributed by atoms with van der Waals surface area (Å²) in [5, 5.41) is 11.5. The lowest BCUT2D eigenvalue weighted by molar-refractivity contribution is -0.136. The van der Waals surface area contributed by atoms with E-state index < -0.39 is 5.97 Å². The topological polar surface area (TPSA) is 99.2 Å². The highest BCUT2D eigenvalue weighted by molar-refractivity contribution is 5.97. The van der Waals surface area contributed by atoms with E-state index in [1.165, 1.54) is 12.8 Å². The number of carbonyl (C=O) groups is 3. The molecule has 1 saturated heterocycles. The molecule has 3 rings (SSSR count). The van der Waals surface area contributed by atoms with E-state index in [0.717, 1.165) is 63.1 Å². The van der Waals surface area contributed by atoms with E-state index in [2.05, 4.69) is 10.2 Å². The highest BCUT2D eigenvalue weighted by Crippen LogP contribution is 2.28. The Hall–Kier alpha value is -2.45. The molecule has 0 aliphatic carbocycles. The molecule has 1 aromatic carbocycles. The van der Waals surface area contributed by atoms with Crippen molar-refractivity contribution >= 4 is 23.5 Å². The van der Waals surface area contributed by atoms with Gasteiger partial charge in [-0.25, -0.2) is 0 Å². The van der Waals surface area contributed by atoms with Crippen LogP contribution >= 0.6 is 0 Å². The smallest absolute Gasteiger partial charge is 0.305 e. The van der Waals surface area contributed by atoms with Crippen LogP contribution in [0.5, 0.6) is 0 Å². The Kier molecular flexibility index (Phi) is 9.69. The normalized spacial score (nSPS) is 19.1. The zero-order chi connectivity index (χ0) is 23.6. The molecule has 2 aliphatic heterocycles. The summed E-state index contributed by atoms with van der Waals surface area (Å²) in [6.45, 7) is 5.53. The number of amides is 2. The summed E-state index contributed by atoms with van der Waals surface area (Å²) in [6, 6.07) is 5.90. The van der Waals surface area contributed by atoms with E-state index in [0.29, 0.717) is 24.7 Å². The van der Waals surface area contributed by atoms with Crippen molar-refractivity contribution in [1.82, 2.24) is 10.2 Å². The number of aliphatic carboxylic acids is 1. The summed E-state index contributed by atoms with van der Waals surface area (Å²) in [6.07, 6.45) is 7.40. The third kappa shape index (κ3) is 7.54. The van der Waals surface area contributed by atoms with Crippen LogP contribution < -0.4 is 10.2 Å². The van der Waals surface area contributed by atoms with Crippen LogP contribution in [0.25, 0.3) is 0 Å². The van der Waals surface area contributed by atoms with Gasteiger partial charge in [0.15, 0.2) is 0 Å². The number of rotatable bonds is 5. The first kappa shape index (κ1) is 25.2. The molecule has 0 atom stereocenters. The van der Waals surface area contributed by atoms with Crippen LogP contribution in [0.1, 0.15) is 74.2 Å².